The van der Waals surface area contributed by atoms with Crippen molar-refractivity contribution in [1.82, 2.24) is 25.0 Å². The number of phenolic OH excluding ortho intramolecular Hbond substituents is 2. The van der Waals surface area contributed by atoms with E-state index in [4.69, 9.17) is 4.74 Å². The molecule has 15 nitrogen and oxygen atoms in total. The predicted octanol–water partition coefficient (Wildman–Crippen LogP) is -2.00. The molecule has 0 spiro atoms. The zero-order valence-electron chi connectivity index (χ0n) is 25.3. The number of ether oxygens (including phenoxy) is 1. The molecule has 9 N–H and O–H groups in total. The summed E-state index contributed by atoms with van der Waals surface area (Å²) in [6.45, 7) is -0.997. The van der Waals surface area contributed by atoms with Crippen molar-refractivity contribution in [3.05, 3.63) is 77.1 Å². The van der Waals surface area contributed by atoms with Gasteiger partial charge < -0.3 is 62.4 Å². The van der Waals surface area contributed by atoms with Crippen molar-refractivity contribution in [3.63, 3.8) is 0 Å². The van der Waals surface area contributed by atoms with Crippen LogP contribution in [0.25, 0.3) is 43.6 Å². The number of pyridine rings is 1. The normalized spacial score (nSPS) is 22.5. The summed E-state index contributed by atoms with van der Waals surface area (Å²) in [7, 11) is 0. The lowest BCUT2D eigenvalue weighted by Gasteiger charge is -2.41. The first-order chi connectivity index (χ1) is 23.1. The molecular weight excluding hydrogens is 662 g/mol. The Balaban J connectivity index is 0.00000378. The molecule has 0 radical (unpaired) electrons. The molecule has 16 heteroatoms. The third-order valence-corrected chi connectivity index (χ3v) is 9.31. The summed E-state index contributed by atoms with van der Waals surface area (Å²) < 4.78 is 7.45. The number of rotatable bonds is 6. The summed E-state index contributed by atoms with van der Waals surface area (Å²) >= 11 is 0. The summed E-state index contributed by atoms with van der Waals surface area (Å²) in [5.74, 6) is -1.60. The van der Waals surface area contributed by atoms with Gasteiger partial charge in [0.15, 0.2) is 6.23 Å². The second kappa shape index (κ2) is 11.9. The Morgan fingerprint density at radius 3 is 2.27 bits per heavy atom. The Bertz CT molecular complexity index is 2320. The number of nitrogens with one attached hydrogen (secondary N) is 2. The number of benzene rings is 3. The van der Waals surface area contributed by atoms with Gasteiger partial charge in [-0.2, -0.15) is 0 Å². The van der Waals surface area contributed by atoms with Crippen LogP contribution >= 0.6 is 0 Å². The molecule has 1 saturated heterocycles. The molecule has 1 unspecified atom stereocenters. The minimum atomic E-state index is -1.74. The van der Waals surface area contributed by atoms with Crippen molar-refractivity contribution in [2.75, 3.05) is 6.61 Å². The lowest BCUT2D eigenvalue weighted by atomic mass is 9.96. The van der Waals surface area contributed by atoms with Crippen LogP contribution in [0.15, 0.2) is 54.9 Å². The van der Waals surface area contributed by atoms with Crippen molar-refractivity contribution in [2.45, 2.75) is 43.8 Å². The van der Waals surface area contributed by atoms with Crippen LogP contribution in [0.5, 0.6) is 11.5 Å². The van der Waals surface area contributed by atoms with Gasteiger partial charge in [0, 0.05) is 58.2 Å². The molecule has 49 heavy (non-hydrogen) atoms. The van der Waals surface area contributed by atoms with Crippen LogP contribution in [-0.4, -0.2) is 98.1 Å². The molecule has 254 valence electrons. The number of aromatic amines is 1. The second-order valence-electron chi connectivity index (χ2n) is 12.0. The number of phenols is 2. The Morgan fingerprint density at radius 1 is 0.857 bits per heavy atom. The van der Waals surface area contributed by atoms with Gasteiger partial charge in [-0.15, -0.1) is 0 Å². The van der Waals surface area contributed by atoms with E-state index in [0.717, 1.165) is 5.01 Å². The van der Waals surface area contributed by atoms with Gasteiger partial charge in [0.25, 0.3) is 11.8 Å². The van der Waals surface area contributed by atoms with Gasteiger partial charge in [-0.05, 0) is 35.9 Å². The van der Waals surface area contributed by atoms with Gasteiger partial charge in [-0.25, -0.2) is 10.4 Å². The summed E-state index contributed by atoms with van der Waals surface area (Å²) in [5.41, 5.74) is 5.33. The number of hydrazine groups is 1. The van der Waals surface area contributed by atoms with Crippen molar-refractivity contribution in [3.8, 4) is 11.5 Å². The topological polar surface area (TPSA) is 234 Å². The molecule has 2 amide bonds. The van der Waals surface area contributed by atoms with Crippen LogP contribution in [0.3, 0.4) is 0 Å². The number of halogens is 1. The maximum absolute atomic E-state index is 14.4. The highest BCUT2D eigenvalue weighted by Gasteiger charge is 2.47. The van der Waals surface area contributed by atoms with E-state index in [-0.39, 0.29) is 64.6 Å². The average molecular weight is 691 g/mol. The molecule has 2 aliphatic heterocycles. The SMILES string of the molecule is O=C1c2c(c3c4ccc(O)cc4n(C4O[C@@H](CO)[C@H](O)[C@@H](O)[C@@H]4O)c3c3[nH]c4cc(O)ccc4c23)C(=O)N1NCc1ccncc1CO.[Cl-]. The standard InChI is InChI=1S/C33H29N5O10.ClH/c39-11-14-9-34-6-5-13(14)10-35-38-31(46)24-22-17-3-1-15(41)7-19(17)36-26(22)27-23(25(24)32(38)47)18-4-2-16(42)8-20(18)37(27)33-30(45)29(44)28(43)21(12-40)48-33;/h1-9,21,28-30,33,35-36,39-45H,10-12H2;1H/p-1/t21-,28-,29+,30-,33?;/m0./s1. The molecule has 5 heterocycles. The van der Waals surface area contributed by atoms with E-state index in [0.29, 0.717) is 38.3 Å². The minimum absolute atomic E-state index is 0. The van der Waals surface area contributed by atoms with Crippen LogP contribution < -0.4 is 17.8 Å². The van der Waals surface area contributed by atoms with E-state index in [1.807, 2.05) is 0 Å². The molecule has 1 fully saturated rings. The molecule has 0 saturated carbocycles. The Morgan fingerprint density at radius 2 is 1.55 bits per heavy atom. The quantitative estimate of drug-likeness (QED) is 0.0864. The summed E-state index contributed by atoms with van der Waals surface area (Å²) in [6, 6.07) is 10.5. The highest BCUT2D eigenvalue weighted by molar-refractivity contribution is 6.39. The molecule has 0 aliphatic carbocycles. The number of H-pyrrole nitrogens is 1. The first-order valence-electron chi connectivity index (χ1n) is 15.1. The number of aliphatic hydroxyl groups is 5. The van der Waals surface area contributed by atoms with Crippen LogP contribution in [0.2, 0.25) is 0 Å². The van der Waals surface area contributed by atoms with Gasteiger partial charge in [0.05, 0.1) is 46.4 Å². The Hall–Kier alpha value is -4.84. The lowest BCUT2D eigenvalue weighted by molar-refractivity contribution is -0.249. The maximum Gasteiger partial charge on any atom is 0.276 e. The molecule has 3 aromatic carbocycles. The van der Waals surface area contributed by atoms with Crippen LogP contribution in [-0.2, 0) is 17.9 Å². The average Bonchev–Trinajstić information content (AvgIpc) is 3.69. The minimum Gasteiger partial charge on any atom is -1.00 e. The fraction of sp³-hybridized carbons (Fsp3) is 0.242. The van der Waals surface area contributed by atoms with E-state index in [9.17, 15) is 45.3 Å². The number of carbonyl (C=O) groups excluding carboxylic acids is 2. The zero-order chi connectivity index (χ0) is 33.6. The van der Waals surface area contributed by atoms with E-state index in [1.54, 1.807) is 18.2 Å². The summed E-state index contributed by atoms with van der Waals surface area (Å²) in [4.78, 5) is 35.9. The number of fused-ring (bicyclic) bond motifs is 10. The molecule has 6 aromatic rings. The summed E-state index contributed by atoms with van der Waals surface area (Å²) in [5, 5.41) is 75.6. The van der Waals surface area contributed by atoms with E-state index >= 15 is 0 Å². The Labute approximate surface area is 281 Å². The fourth-order valence-electron chi connectivity index (χ4n) is 7.05. The van der Waals surface area contributed by atoms with Gasteiger partial charge in [-0.3, -0.25) is 14.6 Å². The second-order valence-corrected chi connectivity index (χ2v) is 12.0. The number of carbonyl (C=O) groups is 2. The molecule has 2 aliphatic rings. The van der Waals surface area contributed by atoms with Crippen molar-refractivity contribution >= 4 is 55.4 Å². The molecule has 3 aromatic heterocycles. The van der Waals surface area contributed by atoms with E-state index in [2.05, 4.69) is 15.4 Å². The maximum atomic E-state index is 14.4. The monoisotopic (exact) mass is 690 g/mol. The third kappa shape index (κ3) is 4.67. The lowest BCUT2D eigenvalue weighted by Crippen LogP contribution is -3.00. The van der Waals surface area contributed by atoms with Crippen LogP contribution in [0.1, 0.15) is 38.1 Å². The van der Waals surface area contributed by atoms with Crippen LogP contribution in [0, 0.1) is 0 Å². The van der Waals surface area contributed by atoms with Crippen molar-refractivity contribution in [1.29, 1.82) is 0 Å². The number of aromatic nitrogens is 3. The van der Waals surface area contributed by atoms with Crippen molar-refractivity contribution < 1.29 is 62.5 Å². The smallest absolute Gasteiger partial charge is 0.276 e. The molecule has 8 rings (SSSR count). The molecule has 5 atom stereocenters. The number of hydrogen-bond acceptors (Lipinski definition) is 12. The highest BCUT2D eigenvalue weighted by Crippen LogP contribution is 2.47. The summed E-state index contributed by atoms with van der Waals surface area (Å²) in [6.07, 6.45) is -4.84. The van der Waals surface area contributed by atoms with Gasteiger partial charge in [0.1, 0.15) is 35.9 Å². The molecule has 0 bridgehead atoms. The van der Waals surface area contributed by atoms with Gasteiger partial charge in [-0.1, -0.05) is 0 Å². The predicted molar refractivity (Wildman–Crippen MR) is 169 cm³/mol. The number of aromatic hydroxyl groups is 2. The van der Waals surface area contributed by atoms with Crippen LogP contribution in [0.4, 0.5) is 0 Å². The Kier molecular flexibility index (Phi) is 7.97. The van der Waals surface area contributed by atoms with Gasteiger partial charge in [0.2, 0.25) is 0 Å². The number of hydrogen-bond donors (Lipinski definition) is 9. The number of imide groups is 1. The third-order valence-electron chi connectivity index (χ3n) is 9.31. The number of aliphatic hydroxyl groups excluding tert-OH is 5. The highest BCUT2D eigenvalue weighted by atomic mass is 35.5. The fourth-order valence-corrected chi connectivity index (χ4v) is 7.05. The first-order valence-corrected chi connectivity index (χ1v) is 15.1. The van der Waals surface area contributed by atoms with E-state index < -0.39 is 49.1 Å². The van der Waals surface area contributed by atoms with Crippen molar-refractivity contribution in [2.24, 2.45) is 0 Å². The first kappa shape index (κ1) is 32.7. The molecular formula is C33H29ClN5O10-. The van der Waals surface area contributed by atoms with E-state index in [1.165, 1.54) is 41.2 Å². The number of nitrogens with zero attached hydrogens (tertiary/aromatic N) is 3. The number of amides is 2. The van der Waals surface area contributed by atoms with Gasteiger partial charge >= 0.3 is 0 Å². The zero-order valence-corrected chi connectivity index (χ0v) is 26.0. The largest absolute Gasteiger partial charge is 1.00 e.